The molecule has 0 unspecified atom stereocenters. The average molecular weight is 252 g/mol. The summed E-state index contributed by atoms with van der Waals surface area (Å²) in [6, 6.07) is 11.6. The zero-order valence-corrected chi connectivity index (χ0v) is 11.2. The van der Waals surface area contributed by atoms with E-state index in [0.717, 1.165) is 30.0 Å². The van der Waals surface area contributed by atoms with Gasteiger partial charge in [0, 0.05) is 24.5 Å². The van der Waals surface area contributed by atoms with Gasteiger partial charge in [-0.3, -0.25) is 0 Å². The molecule has 0 saturated carbocycles. The quantitative estimate of drug-likeness (QED) is 0.839. The monoisotopic (exact) mass is 252 g/mol. The van der Waals surface area contributed by atoms with Gasteiger partial charge >= 0.3 is 0 Å². The van der Waals surface area contributed by atoms with Crippen LogP contribution in [0.3, 0.4) is 0 Å². The molecule has 0 saturated heterocycles. The van der Waals surface area contributed by atoms with Crippen LogP contribution in [0, 0.1) is 11.3 Å². The second kappa shape index (κ2) is 5.96. The topological polar surface area (TPSA) is 52.8 Å². The van der Waals surface area contributed by atoms with Crippen LogP contribution in [-0.4, -0.2) is 17.0 Å². The molecule has 0 N–H and O–H groups in total. The van der Waals surface area contributed by atoms with Crippen molar-refractivity contribution in [1.29, 1.82) is 5.26 Å². The van der Waals surface area contributed by atoms with Gasteiger partial charge < -0.3 is 4.90 Å². The lowest BCUT2D eigenvalue weighted by atomic mass is 10.2. The van der Waals surface area contributed by atoms with E-state index in [4.69, 9.17) is 5.26 Å². The molecule has 0 aliphatic carbocycles. The molecule has 0 aliphatic heterocycles. The Kier molecular flexibility index (Phi) is 4.09. The molecule has 0 amide bonds. The van der Waals surface area contributed by atoms with Crippen LogP contribution in [0.1, 0.15) is 24.6 Å². The van der Waals surface area contributed by atoms with Crippen molar-refractivity contribution in [2.75, 3.05) is 11.9 Å². The molecular formula is C15H16N4. The van der Waals surface area contributed by atoms with Crippen LogP contribution in [0.4, 0.5) is 11.5 Å². The van der Waals surface area contributed by atoms with E-state index in [1.807, 2.05) is 30.1 Å². The van der Waals surface area contributed by atoms with Crippen LogP contribution in [0.2, 0.25) is 0 Å². The molecule has 1 heterocycles. The van der Waals surface area contributed by atoms with Crippen molar-refractivity contribution >= 4 is 11.5 Å². The number of benzene rings is 1. The second-order valence-corrected chi connectivity index (χ2v) is 4.34. The molecule has 4 nitrogen and oxygen atoms in total. The second-order valence-electron chi connectivity index (χ2n) is 4.34. The third kappa shape index (κ3) is 3.08. The number of hydrogen-bond acceptors (Lipinski definition) is 4. The molecule has 96 valence electrons. The summed E-state index contributed by atoms with van der Waals surface area (Å²) in [6.07, 6.45) is 3.62. The molecule has 0 bridgehead atoms. The molecular weight excluding hydrogens is 236 g/mol. The first-order chi connectivity index (χ1) is 9.24. The molecule has 0 atom stereocenters. The van der Waals surface area contributed by atoms with Crippen molar-refractivity contribution in [2.24, 2.45) is 0 Å². The lowest BCUT2D eigenvalue weighted by Gasteiger charge is -2.18. The molecule has 1 aromatic carbocycles. The Morgan fingerprint density at radius 3 is 2.58 bits per heavy atom. The number of rotatable bonds is 4. The standard InChI is InChI=1S/C15H16N4/c1-3-4-13-9-15(18-11-17-13)19(2)14-7-5-12(10-16)6-8-14/h5-9,11H,3-4H2,1-2H3. The first kappa shape index (κ1) is 13.0. The third-order valence-electron chi connectivity index (χ3n) is 2.94. The Balaban J connectivity index is 2.25. The zero-order chi connectivity index (χ0) is 13.7. The number of aromatic nitrogens is 2. The SMILES string of the molecule is CCCc1cc(N(C)c2ccc(C#N)cc2)ncn1. The van der Waals surface area contributed by atoms with Gasteiger partial charge in [0.15, 0.2) is 0 Å². The molecule has 0 radical (unpaired) electrons. The van der Waals surface area contributed by atoms with E-state index in [1.165, 1.54) is 0 Å². The summed E-state index contributed by atoms with van der Waals surface area (Å²) in [5, 5.41) is 8.80. The van der Waals surface area contributed by atoms with Gasteiger partial charge in [-0.15, -0.1) is 0 Å². The minimum Gasteiger partial charge on any atom is -0.329 e. The average Bonchev–Trinajstić information content (AvgIpc) is 2.47. The Labute approximate surface area is 113 Å². The normalized spacial score (nSPS) is 9.95. The molecule has 2 rings (SSSR count). The van der Waals surface area contributed by atoms with E-state index in [2.05, 4.69) is 23.0 Å². The van der Waals surface area contributed by atoms with E-state index in [-0.39, 0.29) is 0 Å². The fourth-order valence-electron chi connectivity index (χ4n) is 1.85. The maximum absolute atomic E-state index is 8.80. The van der Waals surface area contributed by atoms with Crippen molar-refractivity contribution in [1.82, 2.24) is 9.97 Å². The summed E-state index contributed by atoms with van der Waals surface area (Å²) >= 11 is 0. The highest BCUT2D eigenvalue weighted by Crippen LogP contribution is 2.22. The van der Waals surface area contributed by atoms with E-state index >= 15 is 0 Å². The van der Waals surface area contributed by atoms with Crippen LogP contribution in [-0.2, 0) is 6.42 Å². The summed E-state index contributed by atoms with van der Waals surface area (Å²) in [6.45, 7) is 2.13. The lowest BCUT2D eigenvalue weighted by molar-refractivity contribution is 0.869. The maximum Gasteiger partial charge on any atom is 0.136 e. The Bertz CT molecular complexity index is 584. The van der Waals surface area contributed by atoms with Gasteiger partial charge in [-0.05, 0) is 30.7 Å². The van der Waals surface area contributed by atoms with Crippen LogP contribution < -0.4 is 4.90 Å². The smallest absolute Gasteiger partial charge is 0.136 e. The van der Waals surface area contributed by atoms with Gasteiger partial charge in [0.2, 0.25) is 0 Å². The van der Waals surface area contributed by atoms with E-state index in [1.54, 1.807) is 18.5 Å². The van der Waals surface area contributed by atoms with Crippen molar-refractivity contribution in [3.05, 3.63) is 47.9 Å². The van der Waals surface area contributed by atoms with Crippen molar-refractivity contribution in [3.63, 3.8) is 0 Å². The Hall–Kier alpha value is -2.41. The van der Waals surface area contributed by atoms with Gasteiger partial charge in [0.25, 0.3) is 0 Å². The van der Waals surface area contributed by atoms with Crippen LogP contribution in [0.5, 0.6) is 0 Å². The molecule has 0 spiro atoms. The van der Waals surface area contributed by atoms with Crippen molar-refractivity contribution in [2.45, 2.75) is 19.8 Å². The Morgan fingerprint density at radius 2 is 1.95 bits per heavy atom. The maximum atomic E-state index is 8.80. The van der Waals surface area contributed by atoms with Gasteiger partial charge in [0.05, 0.1) is 11.6 Å². The fourth-order valence-corrected chi connectivity index (χ4v) is 1.85. The highest BCUT2D eigenvalue weighted by atomic mass is 15.2. The summed E-state index contributed by atoms with van der Waals surface area (Å²) < 4.78 is 0. The molecule has 0 fully saturated rings. The zero-order valence-electron chi connectivity index (χ0n) is 11.2. The first-order valence-electron chi connectivity index (χ1n) is 6.29. The van der Waals surface area contributed by atoms with E-state index in [9.17, 15) is 0 Å². The number of anilines is 2. The van der Waals surface area contributed by atoms with Gasteiger partial charge in [-0.2, -0.15) is 5.26 Å². The predicted octanol–water partition coefficient (Wildman–Crippen LogP) is 3.07. The number of nitrogens with zero attached hydrogens (tertiary/aromatic N) is 4. The molecule has 1 aromatic heterocycles. The Morgan fingerprint density at radius 1 is 1.21 bits per heavy atom. The third-order valence-corrected chi connectivity index (χ3v) is 2.94. The van der Waals surface area contributed by atoms with Crippen LogP contribution in [0.25, 0.3) is 0 Å². The van der Waals surface area contributed by atoms with Crippen molar-refractivity contribution < 1.29 is 0 Å². The van der Waals surface area contributed by atoms with E-state index in [0.29, 0.717) is 5.56 Å². The summed E-state index contributed by atoms with van der Waals surface area (Å²) in [5.41, 5.74) is 2.71. The number of hydrogen-bond donors (Lipinski definition) is 0. The highest BCUT2D eigenvalue weighted by Gasteiger charge is 2.06. The van der Waals surface area contributed by atoms with Crippen LogP contribution >= 0.6 is 0 Å². The number of aryl methyl sites for hydroxylation is 1. The predicted molar refractivity (Wildman–Crippen MR) is 75.2 cm³/mol. The van der Waals surface area contributed by atoms with Crippen molar-refractivity contribution in [3.8, 4) is 6.07 Å². The minimum atomic E-state index is 0.659. The first-order valence-corrected chi connectivity index (χ1v) is 6.29. The lowest BCUT2D eigenvalue weighted by Crippen LogP contribution is -2.12. The molecule has 2 aromatic rings. The summed E-state index contributed by atoms with van der Waals surface area (Å²) in [7, 11) is 1.96. The van der Waals surface area contributed by atoms with Gasteiger partial charge in [0.1, 0.15) is 12.1 Å². The van der Waals surface area contributed by atoms with E-state index < -0.39 is 0 Å². The molecule has 0 aliphatic rings. The summed E-state index contributed by atoms with van der Waals surface area (Å²) in [5.74, 6) is 0.864. The van der Waals surface area contributed by atoms with Gasteiger partial charge in [-0.1, -0.05) is 13.3 Å². The summed E-state index contributed by atoms with van der Waals surface area (Å²) in [4.78, 5) is 10.5. The molecule has 4 heteroatoms. The largest absolute Gasteiger partial charge is 0.329 e. The number of nitriles is 1. The minimum absolute atomic E-state index is 0.659. The fraction of sp³-hybridized carbons (Fsp3) is 0.267. The van der Waals surface area contributed by atoms with Gasteiger partial charge in [-0.25, -0.2) is 9.97 Å². The highest BCUT2D eigenvalue weighted by molar-refractivity contribution is 5.60. The van der Waals surface area contributed by atoms with Crippen LogP contribution in [0.15, 0.2) is 36.7 Å². The molecule has 19 heavy (non-hydrogen) atoms.